The molecule has 3 nitrogen and oxygen atoms in total. The number of allylic oxidation sites excluding steroid dienone is 13. The smallest absolute Gasteiger partial charge is 0.0574 e. The van der Waals surface area contributed by atoms with Gasteiger partial charge in [0.15, 0.2) is 0 Å². The molecule has 0 radical (unpaired) electrons. The van der Waals surface area contributed by atoms with E-state index in [0.29, 0.717) is 41.9 Å². The van der Waals surface area contributed by atoms with Gasteiger partial charge in [0.2, 0.25) is 0 Å². The van der Waals surface area contributed by atoms with Crippen molar-refractivity contribution in [1.29, 1.82) is 0 Å². The molecule has 0 aromatic heterocycles. The zero-order valence-corrected chi connectivity index (χ0v) is 29.9. The summed E-state index contributed by atoms with van der Waals surface area (Å²) in [5.74, 6) is 1.52. The highest BCUT2D eigenvalue weighted by atomic mass is 15.3. The van der Waals surface area contributed by atoms with E-state index >= 15 is 0 Å². The summed E-state index contributed by atoms with van der Waals surface area (Å²) in [6.45, 7) is 15.2. The largest absolute Gasteiger partial charge is 0.358 e. The number of nitrogens with zero attached hydrogens (tertiary/aromatic N) is 3. The van der Waals surface area contributed by atoms with Crippen LogP contribution in [0.3, 0.4) is 0 Å². The van der Waals surface area contributed by atoms with Crippen molar-refractivity contribution in [3.05, 3.63) is 130 Å². The lowest BCUT2D eigenvalue weighted by Crippen LogP contribution is -2.58. The first-order valence-electron chi connectivity index (χ1n) is 19.1. The van der Waals surface area contributed by atoms with Crippen molar-refractivity contribution in [1.82, 2.24) is 14.7 Å². The average Bonchev–Trinajstić information content (AvgIpc) is 3.08. The van der Waals surface area contributed by atoms with Gasteiger partial charge in [0.25, 0.3) is 0 Å². The molecule has 248 valence electrons. The van der Waals surface area contributed by atoms with Crippen molar-refractivity contribution < 1.29 is 0 Å². The number of hydrogen-bond donors (Lipinski definition) is 0. The topological polar surface area (TPSA) is 9.72 Å². The lowest BCUT2D eigenvalue weighted by molar-refractivity contribution is 0.0767. The van der Waals surface area contributed by atoms with E-state index in [1.807, 2.05) is 0 Å². The third kappa shape index (κ3) is 3.72. The lowest BCUT2D eigenvalue weighted by atomic mass is 9.60. The molecule has 6 bridgehead atoms. The van der Waals surface area contributed by atoms with Crippen LogP contribution in [-0.2, 0) is 0 Å². The molecule has 10 aliphatic rings. The first kappa shape index (κ1) is 29.5. The Balaban J connectivity index is 1.24. The SMILES string of the molecule is CC1(C)C2=C3CC(C=C2)N2C4=CCCC=C4C(C)(C)C4C=CC(=CC42)N2C4=C(C=CC(C4)N3C3=CC=CCC31)C(C)(C)C1CC=CCC12. The zero-order chi connectivity index (χ0) is 32.7. The average molecular weight is 636 g/mol. The summed E-state index contributed by atoms with van der Waals surface area (Å²) in [4.78, 5) is 8.64. The van der Waals surface area contributed by atoms with Gasteiger partial charge in [-0.25, -0.2) is 0 Å². The molecule has 4 aliphatic heterocycles. The number of hydrogen-bond acceptors (Lipinski definition) is 3. The Morgan fingerprint density at radius 1 is 0.688 bits per heavy atom. The molecule has 7 unspecified atom stereocenters. The van der Waals surface area contributed by atoms with Gasteiger partial charge < -0.3 is 14.7 Å². The maximum Gasteiger partial charge on any atom is 0.0574 e. The van der Waals surface area contributed by atoms with Gasteiger partial charge in [0, 0.05) is 59.2 Å². The van der Waals surface area contributed by atoms with Crippen LogP contribution >= 0.6 is 0 Å². The van der Waals surface area contributed by atoms with E-state index in [1.165, 1.54) is 11.4 Å². The highest BCUT2D eigenvalue weighted by Crippen LogP contribution is 2.60. The molecule has 0 saturated carbocycles. The second kappa shape index (κ2) is 9.83. The Morgan fingerprint density at radius 3 is 2.27 bits per heavy atom. The van der Waals surface area contributed by atoms with E-state index in [1.54, 1.807) is 33.8 Å². The molecule has 10 rings (SSSR count). The molecule has 0 aromatic rings. The molecule has 0 N–H and O–H groups in total. The highest BCUT2D eigenvalue weighted by molar-refractivity contribution is 5.53. The van der Waals surface area contributed by atoms with Crippen molar-refractivity contribution in [3.8, 4) is 0 Å². The fourth-order valence-electron chi connectivity index (χ4n) is 12.2. The molecule has 0 aromatic carbocycles. The molecule has 7 atom stereocenters. The maximum absolute atomic E-state index is 2.89. The van der Waals surface area contributed by atoms with E-state index in [9.17, 15) is 0 Å². The van der Waals surface area contributed by atoms with Crippen molar-refractivity contribution in [2.45, 2.75) is 111 Å². The normalized spacial score (nSPS) is 38.5. The van der Waals surface area contributed by atoms with E-state index in [4.69, 9.17) is 0 Å². The van der Waals surface area contributed by atoms with Crippen molar-refractivity contribution in [2.24, 2.45) is 34.0 Å². The van der Waals surface area contributed by atoms with Gasteiger partial charge >= 0.3 is 0 Å². The van der Waals surface area contributed by atoms with E-state index in [2.05, 4.69) is 141 Å². The van der Waals surface area contributed by atoms with Gasteiger partial charge in [0.05, 0.1) is 18.1 Å². The first-order chi connectivity index (χ1) is 23.1. The molecule has 0 spiro atoms. The van der Waals surface area contributed by atoms with Crippen LogP contribution in [0.1, 0.15) is 86.5 Å². The molecule has 3 heteroatoms. The van der Waals surface area contributed by atoms with Gasteiger partial charge in [0.1, 0.15) is 0 Å². The molecule has 0 amide bonds. The third-order valence-electron chi connectivity index (χ3n) is 14.7. The van der Waals surface area contributed by atoms with E-state index < -0.39 is 0 Å². The summed E-state index contributed by atoms with van der Waals surface area (Å²) < 4.78 is 0. The lowest BCUT2D eigenvalue weighted by Gasteiger charge is -2.60. The van der Waals surface area contributed by atoms with Crippen LogP contribution in [0.4, 0.5) is 0 Å². The van der Waals surface area contributed by atoms with Crippen LogP contribution in [0.25, 0.3) is 0 Å². The predicted octanol–water partition coefficient (Wildman–Crippen LogP) is 10.0. The minimum absolute atomic E-state index is 0.0836. The number of rotatable bonds is 0. The van der Waals surface area contributed by atoms with E-state index in [-0.39, 0.29) is 16.2 Å². The predicted molar refractivity (Wildman–Crippen MR) is 197 cm³/mol. The molecule has 1 fully saturated rings. The quantitative estimate of drug-likeness (QED) is 0.245. The van der Waals surface area contributed by atoms with Crippen LogP contribution in [-0.4, -0.2) is 38.9 Å². The Labute approximate surface area is 288 Å². The zero-order valence-electron chi connectivity index (χ0n) is 29.9. The van der Waals surface area contributed by atoms with Gasteiger partial charge in [-0.3, -0.25) is 0 Å². The Kier molecular flexibility index (Phi) is 6.03. The summed E-state index contributed by atoms with van der Waals surface area (Å²) in [5.41, 5.74) is 12.7. The summed E-state index contributed by atoms with van der Waals surface area (Å²) in [7, 11) is 0. The van der Waals surface area contributed by atoms with Crippen molar-refractivity contribution in [2.75, 3.05) is 0 Å². The fourth-order valence-corrected chi connectivity index (χ4v) is 12.2. The molecular weight excluding hydrogens is 583 g/mol. The summed E-state index contributed by atoms with van der Waals surface area (Å²) in [5, 5.41) is 0. The van der Waals surface area contributed by atoms with Crippen LogP contribution in [0, 0.1) is 34.0 Å². The van der Waals surface area contributed by atoms with Crippen LogP contribution < -0.4 is 0 Å². The molecule has 4 heterocycles. The fraction of sp³-hybridized carbons (Fsp3) is 0.511. The summed E-state index contributed by atoms with van der Waals surface area (Å²) >= 11 is 0. The molecule has 6 aliphatic carbocycles. The summed E-state index contributed by atoms with van der Waals surface area (Å²) in [6.07, 6.45) is 43.5. The molecule has 48 heavy (non-hydrogen) atoms. The van der Waals surface area contributed by atoms with E-state index in [0.717, 1.165) is 44.9 Å². The first-order valence-corrected chi connectivity index (χ1v) is 19.1. The standard InChI is InChI=1S/C45H53N3/c1-43(2)31-13-7-10-16-37(31)46-29-20-23-35-41(26-29)48(39-18-12-9-15-33(39)45(35,5)6)30-21-24-36-42(27-30)47(28-19-22-34(43)40(46)25-28)38-17-11-8-14-32(38)44(36,3)4/h7-8,10-11,15,17-24,26,28,30-32,35,37,41H,9,12-14,16,25,27H2,1-6H3. The highest BCUT2D eigenvalue weighted by Gasteiger charge is 2.55. The van der Waals surface area contributed by atoms with Crippen LogP contribution in [0.5, 0.6) is 0 Å². The van der Waals surface area contributed by atoms with Gasteiger partial charge in [-0.1, -0.05) is 108 Å². The van der Waals surface area contributed by atoms with Gasteiger partial charge in [-0.05, 0) is 89.2 Å². The minimum Gasteiger partial charge on any atom is -0.358 e. The molecule has 1 saturated heterocycles. The van der Waals surface area contributed by atoms with Gasteiger partial charge in [-0.15, -0.1) is 0 Å². The Hall–Kier alpha value is -3.46. The van der Waals surface area contributed by atoms with Crippen molar-refractivity contribution >= 4 is 0 Å². The number of fused-ring (bicyclic) bond motifs is 11. The molecular formula is C45H53N3. The second-order valence-electron chi connectivity index (χ2n) is 18.0. The van der Waals surface area contributed by atoms with Gasteiger partial charge in [-0.2, -0.15) is 0 Å². The minimum atomic E-state index is 0.0836. The third-order valence-corrected chi connectivity index (χ3v) is 14.7. The summed E-state index contributed by atoms with van der Waals surface area (Å²) in [6, 6.07) is 1.44. The second-order valence-corrected chi connectivity index (χ2v) is 18.0. The van der Waals surface area contributed by atoms with Crippen LogP contribution in [0.15, 0.2) is 130 Å². The Bertz CT molecular complexity index is 1840. The maximum atomic E-state index is 2.89. The monoisotopic (exact) mass is 635 g/mol. The number of piperidine rings is 1. The van der Waals surface area contributed by atoms with Crippen molar-refractivity contribution in [3.63, 3.8) is 0 Å². The van der Waals surface area contributed by atoms with Crippen LogP contribution in [0.2, 0.25) is 0 Å². The Morgan fingerprint density at radius 2 is 1.42 bits per heavy atom.